The summed E-state index contributed by atoms with van der Waals surface area (Å²) < 4.78 is 0.674. The van der Waals surface area contributed by atoms with Gasteiger partial charge in [0.25, 0.3) is 0 Å². The number of pyridine rings is 1. The number of aromatic nitrogens is 2. The average molecular weight is 214 g/mol. The summed E-state index contributed by atoms with van der Waals surface area (Å²) in [5.41, 5.74) is 6.13. The van der Waals surface area contributed by atoms with Gasteiger partial charge in [-0.05, 0) is 11.7 Å². The third kappa shape index (κ3) is 1.94. The second-order valence-electron chi connectivity index (χ2n) is 2.79. The quantitative estimate of drug-likeness (QED) is 0.583. The van der Waals surface area contributed by atoms with Crippen LogP contribution in [0.15, 0.2) is 6.07 Å². The number of hydrogen-bond donors (Lipinski definition) is 2. The van der Waals surface area contributed by atoms with Gasteiger partial charge >= 0.3 is 6.03 Å². The van der Waals surface area contributed by atoms with E-state index < -0.39 is 6.03 Å². The van der Waals surface area contributed by atoms with E-state index in [2.05, 4.69) is 15.3 Å². The second-order valence-corrected chi connectivity index (χ2v) is 3.79. The number of nitrogens with zero attached hydrogens (tertiary/aromatic N) is 2. The van der Waals surface area contributed by atoms with Crippen molar-refractivity contribution in [2.75, 3.05) is 5.32 Å². The Morgan fingerprint density at radius 2 is 2.20 bits per heavy atom. The van der Waals surface area contributed by atoms with Crippen molar-refractivity contribution >= 4 is 59.6 Å². The molecule has 0 atom stereocenters. The van der Waals surface area contributed by atoms with Crippen molar-refractivity contribution < 1.29 is 4.79 Å². The minimum Gasteiger partial charge on any atom is -0.351 e. The molecule has 15 heavy (non-hydrogen) atoms. The van der Waals surface area contributed by atoms with E-state index in [0.717, 1.165) is 0 Å². The molecule has 2 rings (SSSR count). The number of amides is 2. The maximum Gasteiger partial charge on any atom is 0.318 e. The predicted molar refractivity (Wildman–Crippen MR) is 61.4 cm³/mol. The molecule has 5 nitrogen and oxygen atoms in total. The van der Waals surface area contributed by atoms with Gasteiger partial charge in [0, 0.05) is 5.59 Å². The van der Waals surface area contributed by atoms with E-state index in [0.29, 0.717) is 20.9 Å². The molecule has 8 heteroatoms. The Bertz CT molecular complexity index is 541. The van der Waals surface area contributed by atoms with Crippen LogP contribution >= 0.6 is 11.3 Å². The highest BCUT2D eigenvalue weighted by atomic mass is 32.1. The fourth-order valence-corrected chi connectivity index (χ4v) is 1.98. The third-order valence-corrected chi connectivity index (χ3v) is 2.66. The Balaban J connectivity index is 2.55. The second kappa shape index (κ2) is 3.54. The monoisotopic (exact) mass is 214 g/mol. The standard InChI is InChI=1S/C7H4B2N4OS/c8-3-1-2-4(5(9)12-3)15-7(11-2)13-6(10)14/h1H,(H3,10,11,13,14). The topological polar surface area (TPSA) is 80.9 Å². The van der Waals surface area contributed by atoms with Crippen molar-refractivity contribution in [2.24, 2.45) is 5.73 Å². The lowest BCUT2D eigenvalue weighted by Gasteiger charge is -1.95. The number of nitrogens with one attached hydrogen (secondary N) is 1. The van der Waals surface area contributed by atoms with E-state index in [1.807, 2.05) is 0 Å². The predicted octanol–water partition coefficient (Wildman–Crippen LogP) is -1.23. The van der Waals surface area contributed by atoms with Gasteiger partial charge in [-0.2, -0.15) is 0 Å². The van der Waals surface area contributed by atoms with Gasteiger partial charge in [0.2, 0.25) is 0 Å². The first kappa shape index (κ1) is 9.97. The molecule has 0 fully saturated rings. The van der Waals surface area contributed by atoms with Gasteiger partial charge in [0.15, 0.2) is 5.13 Å². The Morgan fingerprint density at radius 3 is 2.87 bits per heavy atom. The van der Waals surface area contributed by atoms with Gasteiger partial charge in [-0.15, -0.1) is 0 Å². The molecule has 2 aromatic heterocycles. The van der Waals surface area contributed by atoms with Gasteiger partial charge in [-0.25, -0.2) is 9.78 Å². The maximum absolute atomic E-state index is 10.6. The van der Waals surface area contributed by atoms with Crippen molar-refractivity contribution in [3.8, 4) is 0 Å². The summed E-state index contributed by atoms with van der Waals surface area (Å²) in [6.45, 7) is 0. The number of urea groups is 1. The Kier molecular flexibility index (Phi) is 2.36. The minimum atomic E-state index is -0.673. The average Bonchev–Trinajstić information content (AvgIpc) is 2.45. The number of nitrogens with two attached hydrogens (primary N) is 1. The van der Waals surface area contributed by atoms with Crippen molar-refractivity contribution in [3.63, 3.8) is 0 Å². The van der Waals surface area contributed by atoms with Crippen LogP contribution in [0.4, 0.5) is 9.93 Å². The number of fused-ring (bicyclic) bond motifs is 1. The van der Waals surface area contributed by atoms with Crippen molar-refractivity contribution in [2.45, 2.75) is 0 Å². The van der Waals surface area contributed by atoms with Gasteiger partial charge in [-0.1, -0.05) is 11.3 Å². The summed E-state index contributed by atoms with van der Waals surface area (Å²) >= 11 is 1.19. The van der Waals surface area contributed by atoms with Crippen LogP contribution in [0.25, 0.3) is 10.2 Å². The molecule has 2 heterocycles. The number of thiazole rings is 1. The molecule has 0 bridgehead atoms. The van der Waals surface area contributed by atoms with Crippen molar-refractivity contribution in [1.29, 1.82) is 0 Å². The lowest BCUT2D eigenvalue weighted by atomic mass is 9.98. The number of hydrogen-bond acceptors (Lipinski definition) is 4. The Labute approximate surface area is 91.9 Å². The Morgan fingerprint density at radius 1 is 1.47 bits per heavy atom. The summed E-state index contributed by atoms with van der Waals surface area (Å²) in [5, 5.41) is 2.73. The molecule has 3 N–H and O–H groups in total. The normalized spacial score (nSPS) is 10.4. The van der Waals surface area contributed by atoms with Crippen LogP contribution in [0.1, 0.15) is 0 Å². The smallest absolute Gasteiger partial charge is 0.318 e. The number of primary amides is 1. The molecular formula is C7H4B2N4OS. The SMILES string of the molecule is [B]c1cc2nc(NC(N)=O)sc2c([B])n1. The van der Waals surface area contributed by atoms with Gasteiger partial charge in [-0.3, -0.25) is 10.3 Å². The van der Waals surface area contributed by atoms with Crippen LogP contribution in [0.3, 0.4) is 0 Å². The van der Waals surface area contributed by atoms with E-state index in [-0.39, 0.29) is 5.59 Å². The highest BCUT2D eigenvalue weighted by Crippen LogP contribution is 2.22. The number of carbonyl (C=O) groups excluding carboxylic acids is 1. The summed E-state index contributed by atoms with van der Waals surface area (Å²) in [6.07, 6.45) is 0. The molecule has 0 aliphatic rings. The fraction of sp³-hybridized carbons (Fsp3) is 0. The molecule has 0 saturated carbocycles. The molecule has 0 aliphatic heterocycles. The molecule has 0 aromatic carbocycles. The van der Waals surface area contributed by atoms with Crippen molar-refractivity contribution in [1.82, 2.24) is 9.97 Å². The number of anilines is 1. The molecule has 4 radical (unpaired) electrons. The van der Waals surface area contributed by atoms with E-state index >= 15 is 0 Å². The number of rotatable bonds is 1. The summed E-state index contributed by atoms with van der Waals surface area (Å²) in [5.74, 6) is 0. The zero-order valence-corrected chi connectivity index (χ0v) is 8.34. The molecule has 2 aromatic rings. The van der Waals surface area contributed by atoms with Gasteiger partial charge in [0.05, 0.1) is 10.2 Å². The van der Waals surface area contributed by atoms with Gasteiger partial charge in [0.1, 0.15) is 15.7 Å². The van der Waals surface area contributed by atoms with Crippen LogP contribution in [0, 0.1) is 0 Å². The molecule has 0 unspecified atom stereocenters. The minimum absolute atomic E-state index is 0.288. The van der Waals surface area contributed by atoms with Crippen LogP contribution in [0.2, 0.25) is 0 Å². The Hall–Kier alpha value is -1.56. The first-order valence-electron chi connectivity index (χ1n) is 3.95. The maximum atomic E-state index is 10.6. The van der Waals surface area contributed by atoms with Crippen LogP contribution in [0.5, 0.6) is 0 Å². The van der Waals surface area contributed by atoms with E-state index in [4.69, 9.17) is 21.4 Å². The van der Waals surface area contributed by atoms with Crippen LogP contribution in [-0.2, 0) is 0 Å². The summed E-state index contributed by atoms with van der Waals surface area (Å²) in [7, 11) is 11.1. The molecule has 70 valence electrons. The van der Waals surface area contributed by atoms with Crippen molar-refractivity contribution in [3.05, 3.63) is 6.07 Å². The zero-order valence-electron chi connectivity index (χ0n) is 7.52. The van der Waals surface area contributed by atoms with Crippen LogP contribution in [-0.4, -0.2) is 31.7 Å². The molecule has 2 amide bonds. The first-order chi connectivity index (χ1) is 7.06. The molecule has 0 spiro atoms. The molecule has 0 saturated heterocycles. The number of carbonyl (C=O) groups is 1. The zero-order chi connectivity index (χ0) is 11.0. The highest BCUT2D eigenvalue weighted by molar-refractivity contribution is 7.23. The third-order valence-electron chi connectivity index (χ3n) is 1.65. The van der Waals surface area contributed by atoms with Gasteiger partial charge < -0.3 is 5.73 Å². The summed E-state index contributed by atoms with van der Waals surface area (Å²) in [4.78, 5) is 18.6. The first-order valence-corrected chi connectivity index (χ1v) is 4.77. The molecule has 0 aliphatic carbocycles. The largest absolute Gasteiger partial charge is 0.351 e. The highest BCUT2D eigenvalue weighted by Gasteiger charge is 2.08. The lowest BCUT2D eigenvalue weighted by Crippen LogP contribution is -2.20. The van der Waals surface area contributed by atoms with E-state index in [9.17, 15) is 4.79 Å². The lowest BCUT2D eigenvalue weighted by molar-refractivity contribution is 0.259. The van der Waals surface area contributed by atoms with Crippen LogP contribution < -0.4 is 22.2 Å². The van der Waals surface area contributed by atoms with E-state index in [1.54, 1.807) is 6.07 Å². The summed E-state index contributed by atoms with van der Waals surface area (Å²) in [6, 6.07) is 0.905. The fourth-order valence-electron chi connectivity index (χ4n) is 1.13. The molecular weight excluding hydrogens is 210 g/mol. The van der Waals surface area contributed by atoms with E-state index in [1.165, 1.54) is 11.3 Å².